The fraction of sp³-hybridized carbons (Fsp3) is 0.343. The van der Waals surface area contributed by atoms with Crippen LogP contribution in [0.15, 0.2) is 78.9 Å². The van der Waals surface area contributed by atoms with E-state index < -0.39 is 0 Å². The summed E-state index contributed by atoms with van der Waals surface area (Å²) in [5.41, 5.74) is 5.03. The van der Waals surface area contributed by atoms with Gasteiger partial charge in [-0.25, -0.2) is 9.48 Å². The lowest BCUT2D eigenvalue weighted by Crippen LogP contribution is -2.40. The van der Waals surface area contributed by atoms with Gasteiger partial charge in [-0.3, -0.25) is 4.79 Å². The zero-order chi connectivity index (χ0) is 31.3. The molecular formula is C35H42ClN5O2. The van der Waals surface area contributed by atoms with Crippen molar-refractivity contribution in [3.63, 3.8) is 0 Å². The van der Waals surface area contributed by atoms with E-state index >= 15 is 0 Å². The molecule has 226 valence electrons. The van der Waals surface area contributed by atoms with Gasteiger partial charge in [0.05, 0.1) is 16.4 Å². The Morgan fingerprint density at radius 1 is 0.860 bits per heavy atom. The fourth-order valence-electron chi connectivity index (χ4n) is 4.88. The van der Waals surface area contributed by atoms with Gasteiger partial charge in [0.15, 0.2) is 0 Å². The molecule has 3 amide bonds. The molecule has 7 nitrogen and oxygen atoms in total. The second kappa shape index (κ2) is 13.5. The normalized spacial score (nSPS) is 11.6. The zero-order valence-electron chi connectivity index (χ0n) is 26.1. The van der Waals surface area contributed by atoms with Crippen LogP contribution in [0.4, 0.5) is 16.3 Å². The summed E-state index contributed by atoms with van der Waals surface area (Å²) in [6, 6.07) is 24.7. The highest BCUT2D eigenvalue weighted by Crippen LogP contribution is 2.33. The van der Waals surface area contributed by atoms with Gasteiger partial charge in [0.2, 0.25) is 5.91 Å². The number of anilines is 2. The molecule has 0 fully saturated rings. The molecule has 0 aliphatic carbocycles. The van der Waals surface area contributed by atoms with Crippen LogP contribution >= 0.6 is 11.6 Å². The van der Waals surface area contributed by atoms with Gasteiger partial charge in [0, 0.05) is 23.7 Å². The minimum absolute atomic E-state index is 0.167. The molecule has 4 rings (SSSR count). The van der Waals surface area contributed by atoms with Crippen molar-refractivity contribution in [3.05, 3.63) is 106 Å². The van der Waals surface area contributed by atoms with E-state index in [4.69, 9.17) is 16.7 Å². The number of para-hydroxylation sites is 2. The van der Waals surface area contributed by atoms with Crippen molar-refractivity contribution in [2.75, 3.05) is 17.2 Å². The summed E-state index contributed by atoms with van der Waals surface area (Å²) < 4.78 is 1.65. The number of amides is 3. The molecule has 2 N–H and O–H groups in total. The first-order valence-electron chi connectivity index (χ1n) is 14.7. The number of urea groups is 1. The number of hydrogen-bond donors (Lipinski definition) is 2. The number of benzene rings is 3. The maximum Gasteiger partial charge on any atom is 0.322 e. The Morgan fingerprint density at radius 2 is 1.47 bits per heavy atom. The van der Waals surface area contributed by atoms with Gasteiger partial charge in [-0.05, 0) is 40.7 Å². The Kier molecular flexibility index (Phi) is 9.97. The van der Waals surface area contributed by atoms with E-state index in [-0.39, 0.29) is 42.3 Å². The van der Waals surface area contributed by atoms with Crippen LogP contribution in [0.1, 0.15) is 82.7 Å². The molecule has 1 heterocycles. The van der Waals surface area contributed by atoms with E-state index in [2.05, 4.69) is 59.1 Å². The summed E-state index contributed by atoms with van der Waals surface area (Å²) in [5.74, 6) is 0.556. The van der Waals surface area contributed by atoms with Gasteiger partial charge in [-0.2, -0.15) is 5.10 Å². The Labute approximate surface area is 260 Å². The molecule has 43 heavy (non-hydrogen) atoms. The summed E-state index contributed by atoms with van der Waals surface area (Å²) in [6.45, 7) is 14.7. The molecule has 0 bridgehead atoms. The van der Waals surface area contributed by atoms with Crippen LogP contribution in [0.5, 0.6) is 0 Å². The first kappa shape index (κ1) is 31.8. The standard InChI is InChI=1S/C35H42ClN5O2/c1-23(2)26-16-13-17-27(24(3)4)33(26)38-34(43)40(21-25-14-9-8-10-15-25)22-32(42)37-31-20-30(35(5,6)7)39-41(31)29-19-12-11-18-28(29)36/h8-20,23-24H,21-22H2,1-7H3,(H,37,42)(H,38,43). The number of hydrogen-bond acceptors (Lipinski definition) is 3. The first-order chi connectivity index (χ1) is 20.3. The average Bonchev–Trinajstić information content (AvgIpc) is 3.37. The van der Waals surface area contributed by atoms with Gasteiger partial charge in [0.25, 0.3) is 0 Å². The third-order valence-electron chi connectivity index (χ3n) is 7.27. The molecule has 0 unspecified atom stereocenters. The second-order valence-corrected chi connectivity index (χ2v) is 12.9. The van der Waals surface area contributed by atoms with Crippen molar-refractivity contribution in [2.45, 2.75) is 72.3 Å². The number of rotatable bonds is 9. The second-order valence-electron chi connectivity index (χ2n) is 12.5. The van der Waals surface area contributed by atoms with E-state index in [0.717, 1.165) is 28.1 Å². The summed E-state index contributed by atoms with van der Waals surface area (Å²) >= 11 is 6.52. The molecule has 0 atom stereocenters. The van der Waals surface area contributed by atoms with Crippen molar-refractivity contribution in [1.82, 2.24) is 14.7 Å². The molecule has 0 aliphatic heterocycles. The number of carbonyl (C=O) groups excluding carboxylic acids is 2. The molecule has 0 saturated heterocycles. The van der Waals surface area contributed by atoms with Gasteiger partial charge in [-0.15, -0.1) is 0 Å². The van der Waals surface area contributed by atoms with Crippen molar-refractivity contribution < 1.29 is 9.59 Å². The van der Waals surface area contributed by atoms with Gasteiger partial charge >= 0.3 is 6.03 Å². The number of halogens is 1. The lowest BCUT2D eigenvalue weighted by atomic mass is 9.92. The molecule has 0 spiro atoms. The molecule has 0 saturated carbocycles. The maximum atomic E-state index is 13.9. The lowest BCUT2D eigenvalue weighted by molar-refractivity contribution is -0.116. The Bertz CT molecular complexity index is 1540. The third kappa shape index (κ3) is 7.85. The minimum atomic E-state index is -0.346. The predicted molar refractivity (Wildman–Crippen MR) is 176 cm³/mol. The molecule has 3 aromatic carbocycles. The number of nitrogens with one attached hydrogen (secondary N) is 2. The van der Waals surface area contributed by atoms with Crippen LogP contribution in [0.2, 0.25) is 5.02 Å². The van der Waals surface area contributed by atoms with E-state index in [0.29, 0.717) is 16.5 Å². The van der Waals surface area contributed by atoms with Crippen LogP contribution in [0.3, 0.4) is 0 Å². The van der Waals surface area contributed by atoms with Crippen molar-refractivity contribution in [3.8, 4) is 5.69 Å². The van der Waals surface area contributed by atoms with Gasteiger partial charge in [0.1, 0.15) is 12.4 Å². The monoisotopic (exact) mass is 599 g/mol. The maximum absolute atomic E-state index is 13.9. The van der Waals surface area contributed by atoms with Crippen LogP contribution in [-0.4, -0.2) is 33.2 Å². The highest BCUT2D eigenvalue weighted by molar-refractivity contribution is 6.32. The molecule has 0 aliphatic rings. The first-order valence-corrected chi connectivity index (χ1v) is 15.1. The Hall–Kier alpha value is -4.10. The smallest absolute Gasteiger partial charge is 0.311 e. The molecule has 0 radical (unpaired) electrons. The van der Waals surface area contributed by atoms with Gasteiger partial charge < -0.3 is 15.5 Å². The molecule has 4 aromatic rings. The van der Waals surface area contributed by atoms with Crippen molar-refractivity contribution in [2.24, 2.45) is 0 Å². The zero-order valence-corrected chi connectivity index (χ0v) is 26.9. The topological polar surface area (TPSA) is 79.3 Å². The number of aromatic nitrogens is 2. The fourth-order valence-corrected chi connectivity index (χ4v) is 5.10. The highest BCUT2D eigenvalue weighted by atomic mass is 35.5. The van der Waals surface area contributed by atoms with Crippen LogP contribution < -0.4 is 10.6 Å². The van der Waals surface area contributed by atoms with E-state index in [1.807, 2.05) is 72.8 Å². The van der Waals surface area contributed by atoms with Gasteiger partial charge in [-0.1, -0.05) is 121 Å². The summed E-state index contributed by atoms with van der Waals surface area (Å²) in [7, 11) is 0. The van der Waals surface area contributed by atoms with E-state index in [1.54, 1.807) is 10.7 Å². The van der Waals surface area contributed by atoms with Crippen LogP contribution in [0.25, 0.3) is 5.69 Å². The Morgan fingerprint density at radius 3 is 2.05 bits per heavy atom. The van der Waals surface area contributed by atoms with E-state index in [1.165, 1.54) is 4.90 Å². The number of nitrogens with zero attached hydrogens (tertiary/aromatic N) is 3. The summed E-state index contributed by atoms with van der Waals surface area (Å²) in [4.78, 5) is 29.1. The number of carbonyl (C=O) groups is 2. The van der Waals surface area contributed by atoms with Crippen molar-refractivity contribution in [1.29, 1.82) is 0 Å². The third-order valence-corrected chi connectivity index (χ3v) is 7.59. The molecular weight excluding hydrogens is 558 g/mol. The minimum Gasteiger partial charge on any atom is -0.311 e. The molecule has 1 aromatic heterocycles. The SMILES string of the molecule is CC(C)c1cccc(C(C)C)c1NC(=O)N(CC(=O)Nc1cc(C(C)(C)C)nn1-c1ccccc1Cl)Cc1ccccc1. The average molecular weight is 600 g/mol. The van der Waals surface area contributed by atoms with Crippen molar-refractivity contribution >= 4 is 35.0 Å². The Balaban J connectivity index is 1.65. The summed E-state index contributed by atoms with van der Waals surface area (Å²) in [6.07, 6.45) is 0. The largest absolute Gasteiger partial charge is 0.322 e. The molecule has 8 heteroatoms. The quantitative estimate of drug-likeness (QED) is 0.202. The predicted octanol–water partition coefficient (Wildman–Crippen LogP) is 8.74. The van der Waals surface area contributed by atoms with Crippen LogP contribution in [-0.2, 0) is 16.8 Å². The highest BCUT2D eigenvalue weighted by Gasteiger charge is 2.25. The van der Waals surface area contributed by atoms with E-state index in [9.17, 15) is 9.59 Å². The van der Waals surface area contributed by atoms with Crippen LogP contribution in [0, 0.1) is 0 Å². The lowest BCUT2D eigenvalue weighted by Gasteiger charge is -2.26. The summed E-state index contributed by atoms with van der Waals surface area (Å²) in [5, 5.41) is 11.5.